The van der Waals surface area contributed by atoms with Crippen LogP contribution in [0, 0.1) is 0 Å². The van der Waals surface area contributed by atoms with Gasteiger partial charge in [-0.3, -0.25) is 0 Å². The number of benzene rings is 14. The molecule has 0 fully saturated rings. The minimum absolute atomic E-state index is 0.171. The fourth-order valence-electron chi connectivity index (χ4n) is 9.44. The standard InChI is InChI=1S/2C38H24O/c1-2-12-25(13-3-1)26-14-10-15-27(24-26)36-28-16-4-6-18-30(28)37(31-19-7-5-17-29(31)36)33-21-11-23-35-38(33)32-20-8-9-22-34(32)39-35;1-2-13-25(14-3-1)26-15-4-5-16-27(26)36-28-17-6-8-19-30(28)37(31-20-9-7-18-29(31)36)33-22-12-24-35-38(33)32-21-10-11-23-34(32)39-35/h2*1-24H/i1D,2D,3D,4D,5D,6D,7D,8D,9D,10D,11D,12D,13D,14D,15D,16D,17D,18D,19D,20D,21D,22D,23D,24D;1D,2D,3D,4D,5D,6D,7D,8D,9D,10D,11D,12D,13D,14D,15D,16D,17D,18D,19D,20D,22D,23D,24D. The summed E-state index contributed by atoms with van der Waals surface area (Å²) in [4.78, 5) is 0. The predicted molar refractivity (Wildman–Crippen MR) is 330 cm³/mol. The van der Waals surface area contributed by atoms with Crippen molar-refractivity contribution >= 4 is 87.0 Å². The Labute approximate surface area is 517 Å². The maximum Gasteiger partial charge on any atom is 0.136 e. The lowest BCUT2D eigenvalue weighted by Crippen LogP contribution is -1.93. The average molecular weight is 1040 g/mol. The van der Waals surface area contributed by atoms with Gasteiger partial charge in [0.05, 0.1) is 64.4 Å². The van der Waals surface area contributed by atoms with Gasteiger partial charge in [0.1, 0.15) is 22.3 Å². The highest BCUT2D eigenvalue weighted by atomic mass is 16.3. The summed E-state index contributed by atoms with van der Waals surface area (Å²) in [5, 5.41) is -6.80. The Kier molecular flexibility index (Phi) is 4.39. The fourth-order valence-corrected chi connectivity index (χ4v) is 9.44. The summed E-state index contributed by atoms with van der Waals surface area (Å²) in [5.74, 6) is 0. The summed E-state index contributed by atoms with van der Waals surface area (Å²) in [6, 6.07) is -40.8. The second-order valence-electron chi connectivity index (χ2n) is 16.6. The van der Waals surface area contributed by atoms with E-state index in [1.807, 2.05) is 0 Å². The largest absolute Gasteiger partial charge is 0.456 e. The van der Waals surface area contributed by atoms with Gasteiger partial charge in [0.2, 0.25) is 0 Å². The highest BCUT2D eigenvalue weighted by Crippen LogP contribution is 2.50. The number of fused-ring (bicyclic) bond motifs is 10. The molecule has 0 aliphatic rings. The van der Waals surface area contributed by atoms with Gasteiger partial charge in [0, 0.05) is 21.5 Å². The van der Waals surface area contributed by atoms with Crippen LogP contribution in [0.1, 0.15) is 64.4 Å². The molecule has 0 aliphatic heterocycles. The SMILES string of the molecule is [2H]c1c([2H])c([2H])c(-c2c([2H])c([2H])c([2H])c(-c3c4c([2H])c([2H])c([2H])c([2H])c4c(-c4c([2H])c([2H])c([2H])c5oc6c([2H])c([2H])c([2H])c([2H])c6c45)c4c([2H])c([2H])c([2H])c([2H])c34)c2[2H])c([2H])c1[2H].[2H]c1cc2c(oc3c([2H])c([2H])c([2H])c(-c4c5c([2H])c([2H])c([2H])c([2H])c5c(-c5c([2H])c([2H])c([2H])c([2H])c5-c5c([2H])c([2H])c([2H])c([2H])c5[2H])c5c([2H])c([2H])c([2H])c([2H])c45)c32)c([2H])c1[2H]. The van der Waals surface area contributed by atoms with Crippen LogP contribution in [0.25, 0.3) is 154 Å². The van der Waals surface area contributed by atoms with Gasteiger partial charge >= 0.3 is 0 Å². The lowest BCUT2D eigenvalue weighted by molar-refractivity contribution is 0.668. The summed E-state index contributed by atoms with van der Waals surface area (Å²) in [6.45, 7) is 0. The van der Waals surface area contributed by atoms with Crippen LogP contribution in [-0.4, -0.2) is 0 Å². The maximum absolute atomic E-state index is 9.54. The summed E-state index contributed by atoms with van der Waals surface area (Å²) in [5.41, 5.74) is -10.5. The normalized spacial score (nSPS) is 20.0. The van der Waals surface area contributed by atoms with Crippen molar-refractivity contribution in [2.75, 3.05) is 0 Å². The van der Waals surface area contributed by atoms with E-state index in [2.05, 4.69) is 0 Å². The van der Waals surface area contributed by atoms with E-state index >= 15 is 0 Å². The lowest BCUT2D eigenvalue weighted by Gasteiger charge is -2.20. The highest BCUT2D eigenvalue weighted by molar-refractivity contribution is 6.28. The molecule has 0 saturated heterocycles. The van der Waals surface area contributed by atoms with Crippen LogP contribution in [0.15, 0.2) is 299 Å². The van der Waals surface area contributed by atoms with E-state index in [-0.39, 0.29) is 16.4 Å². The smallest absolute Gasteiger partial charge is 0.136 e. The van der Waals surface area contributed by atoms with E-state index in [1.165, 1.54) is 0 Å². The average Bonchev–Trinajstić information content (AvgIpc) is 1.35. The minimum Gasteiger partial charge on any atom is -0.456 e. The quantitative estimate of drug-likeness (QED) is 0.155. The molecule has 0 amide bonds. The van der Waals surface area contributed by atoms with Gasteiger partial charge < -0.3 is 8.83 Å². The number of furan rings is 2. The predicted octanol–water partition coefficient (Wildman–Crippen LogP) is 21.8. The molecule has 16 rings (SSSR count). The number of hydrogen-bond acceptors (Lipinski definition) is 2. The van der Waals surface area contributed by atoms with Crippen molar-refractivity contribution in [1.29, 1.82) is 0 Å². The summed E-state index contributed by atoms with van der Waals surface area (Å²) < 4.78 is 427. The van der Waals surface area contributed by atoms with Gasteiger partial charge in [-0.05, 0) is 140 Å². The second kappa shape index (κ2) is 18.8. The summed E-state index contributed by atoms with van der Waals surface area (Å²) >= 11 is 0. The number of hydrogen-bond donors (Lipinski definition) is 0. The molecular weight excluding hydrogens is 945 g/mol. The molecule has 0 saturated carbocycles. The molecule has 0 N–H and O–H groups in total. The molecular formula is C76H48O2. The first-order chi connectivity index (χ1) is 58.3. The Balaban J connectivity index is 0.000000193. The molecule has 14 aromatic carbocycles. The summed E-state index contributed by atoms with van der Waals surface area (Å²) in [6.07, 6.45) is 0. The van der Waals surface area contributed by atoms with Crippen LogP contribution in [0.2, 0.25) is 0 Å². The van der Waals surface area contributed by atoms with E-state index in [0.717, 1.165) is 6.07 Å². The first-order valence-corrected chi connectivity index (χ1v) is 22.9. The molecule has 2 aromatic heterocycles. The molecule has 2 heterocycles. The van der Waals surface area contributed by atoms with Gasteiger partial charge in [-0.25, -0.2) is 0 Å². The Morgan fingerprint density at radius 3 is 1.08 bits per heavy atom. The van der Waals surface area contributed by atoms with Crippen molar-refractivity contribution in [2.24, 2.45) is 0 Å². The Hall–Kier alpha value is -10.3. The topological polar surface area (TPSA) is 26.3 Å². The van der Waals surface area contributed by atoms with Crippen LogP contribution in [0.3, 0.4) is 0 Å². The van der Waals surface area contributed by atoms with Crippen molar-refractivity contribution in [1.82, 2.24) is 0 Å². The molecule has 0 unspecified atom stereocenters. The minimum atomic E-state index is -1.02. The number of rotatable bonds is 6. The molecule has 364 valence electrons. The third-order valence-corrected chi connectivity index (χ3v) is 12.5. The zero-order valence-corrected chi connectivity index (χ0v) is 38.9. The Morgan fingerprint density at radius 1 is 0.205 bits per heavy atom. The van der Waals surface area contributed by atoms with Crippen molar-refractivity contribution in [3.8, 4) is 66.8 Å². The maximum atomic E-state index is 9.54. The molecule has 0 atom stereocenters. The van der Waals surface area contributed by atoms with E-state index in [1.54, 1.807) is 0 Å². The summed E-state index contributed by atoms with van der Waals surface area (Å²) in [7, 11) is 0. The van der Waals surface area contributed by atoms with E-state index in [9.17, 15) is 17.8 Å². The monoisotopic (exact) mass is 1040 g/mol. The molecule has 2 heteroatoms. The first-order valence-electron chi connectivity index (χ1n) is 46.4. The molecule has 16 aromatic rings. The molecule has 0 bridgehead atoms. The second-order valence-corrected chi connectivity index (χ2v) is 16.6. The van der Waals surface area contributed by atoms with Crippen LogP contribution in [0.4, 0.5) is 0 Å². The Morgan fingerprint density at radius 2 is 0.538 bits per heavy atom. The van der Waals surface area contributed by atoms with Crippen LogP contribution in [-0.2, 0) is 0 Å². The van der Waals surface area contributed by atoms with Crippen LogP contribution in [0.5, 0.6) is 0 Å². The van der Waals surface area contributed by atoms with E-state index in [4.69, 9.17) is 55.4 Å². The van der Waals surface area contributed by atoms with Crippen molar-refractivity contribution in [3.63, 3.8) is 0 Å². The molecule has 78 heavy (non-hydrogen) atoms. The number of para-hydroxylation sites is 2. The van der Waals surface area contributed by atoms with Crippen molar-refractivity contribution < 1.29 is 73.3 Å². The van der Waals surface area contributed by atoms with Crippen LogP contribution >= 0.6 is 0 Å². The van der Waals surface area contributed by atoms with Crippen LogP contribution < -0.4 is 0 Å². The molecule has 0 spiro atoms. The van der Waals surface area contributed by atoms with Gasteiger partial charge in [-0.1, -0.05) is 260 Å². The highest BCUT2D eigenvalue weighted by Gasteiger charge is 2.23. The van der Waals surface area contributed by atoms with Crippen molar-refractivity contribution in [3.05, 3.63) is 290 Å². The third kappa shape index (κ3) is 7.41. The third-order valence-electron chi connectivity index (χ3n) is 12.5. The van der Waals surface area contributed by atoms with Crippen molar-refractivity contribution in [2.45, 2.75) is 0 Å². The fraction of sp³-hybridized carbons (Fsp3) is 0. The Bertz CT molecular complexity index is 7640. The first kappa shape index (κ1) is 18.2. The van der Waals surface area contributed by atoms with Gasteiger partial charge in [-0.15, -0.1) is 0 Å². The van der Waals surface area contributed by atoms with Gasteiger partial charge in [0.25, 0.3) is 0 Å². The van der Waals surface area contributed by atoms with E-state index < -0.39 is 421 Å². The molecule has 2 nitrogen and oxygen atoms in total. The zero-order valence-electron chi connectivity index (χ0n) is 85.9. The zero-order chi connectivity index (χ0) is 92.4. The molecule has 0 aliphatic carbocycles. The van der Waals surface area contributed by atoms with Gasteiger partial charge in [-0.2, -0.15) is 0 Å². The van der Waals surface area contributed by atoms with Gasteiger partial charge in [0.15, 0.2) is 0 Å². The van der Waals surface area contributed by atoms with E-state index in [0.29, 0.717) is 0 Å². The molecule has 0 radical (unpaired) electrons. The lowest BCUT2D eigenvalue weighted by atomic mass is 9.83.